The third-order valence-corrected chi connectivity index (χ3v) is 5.09. The standard InChI is InChI=1S/C24H19ClO8/c1-28-19-11-17-21(23(30-3)22(19)29-2)16-8-7-15(10-18(16)33-24(17)27)32-20(26)12-31-14-6-4-5-13(25)9-14/h4-11H,12H2,1-3H3. The van der Waals surface area contributed by atoms with Crippen LogP contribution in [0.4, 0.5) is 0 Å². The van der Waals surface area contributed by atoms with Crippen LogP contribution in [0.15, 0.2) is 57.7 Å². The number of methoxy groups -OCH3 is 3. The Morgan fingerprint density at radius 2 is 1.70 bits per heavy atom. The summed E-state index contributed by atoms with van der Waals surface area (Å²) in [4.78, 5) is 24.9. The third kappa shape index (κ3) is 4.38. The molecule has 0 saturated carbocycles. The van der Waals surface area contributed by atoms with Gasteiger partial charge >= 0.3 is 11.6 Å². The van der Waals surface area contributed by atoms with E-state index in [1.54, 1.807) is 36.4 Å². The normalized spacial score (nSPS) is 10.8. The fraction of sp³-hybridized carbons (Fsp3) is 0.167. The highest BCUT2D eigenvalue weighted by molar-refractivity contribution is 6.30. The average Bonchev–Trinajstić information content (AvgIpc) is 2.81. The maximum Gasteiger partial charge on any atom is 0.349 e. The molecule has 0 unspecified atom stereocenters. The number of benzene rings is 3. The van der Waals surface area contributed by atoms with E-state index in [1.165, 1.54) is 33.5 Å². The van der Waals surface area contributed by atoms with E-state index in [1.807, 2.05) is 0 Å². The molecule has 4 aromatic rings. The van der Waals surface area contributed by atoms with Gasteiger partial charge in [0.25, 0.3) is 0 Å². The second-order valence-electron chi connectivity index (χ2n) is 6.84. The largest absolute Gasteiger partial charge is 0.493 e. The maximum atomic E-state index is 12.7. The van der Waals surface area contributed by atoms with Crippen LogP contribution in [0.2, 0.25) is 5.02 Å². The SMILES string of the molecule is COc1cc2c(=O)oc3cc(OC(=O)COc4cccc(Cl)c4)ccc3c2c(OC)c1OC. The van der Waals surface area contributed by atoms with Gasteiger partial charge in [0.05, 0.1) is 26.7 Å². The highest BCUT2D eigenvalue weighted by atomic mass is 35.5. The van der Waals surface area contributed by atoms with Crippen LogP contribution in [0.1, 0.15) is 0 Å². The van der Waals surface area contributed by atoms with Gasteiger partial charge in [-0.1, -0.05) is 17.7 Å². The van der Waals surface area contributed by atoms with Gasteiger partial charge in [0.2, 0.25) is 5.75 Å². The summed E-state index contributed by atoms with van der Waals surface area (Å²) in [6, 6.07) is 12.9. The Kier molecular flexibility index (Phi) is 6.28. The molecule has 0 saturated heterocycles. The van der Waals surface area contributed by atoms with E-state index in [0.717, 1.165) is 0 Å². The quantitative estimate of drug-likeness (QED) is 0.167. The monoisotopic (exact) mass is 470 g/mol. The first-order valence-electron chi connectivity index (χ1n) is 9.73. The zero-order valence-electron chi connectivity index (χ0n) is 18.0. The number of hydrogen-bond donors (Lipinski definition) is 0. The lowest BCUT2D eigenvalue weighted by molar-refractivity contribution is -0.136. The molecule has 33 heavy (non-hydrogen) atoms. The Morgan fingerprint density at radius 1 is 0.909 bits per heavy atom. The molecule has 1 aromatic heterocycles. The molecule has 0 fully saturated rings. The Morgan fingerprint density at radius 3 is 2.39 bits per heavy atom. The predicted octanol–water partition coefficient (Wildman–Crippen LogP) is 4.61. The predicted molar refractivity (Wildman–Crippen MR) is 122 cm³/mol. The fourth-order valence-corrected chi connectivity index (χ4v) is 3.64. The molecule has 4 rings (SSSR count). The van der Waals surface area contributed by atoms with Crippen molar-refractivity contribution in [1.82, 2.24) is 0 Å². The van der Waals surface area contributed by atoms with Gasteiger partial charge in [-0.3, -0.25) is 0 Å². The van der Waals surface area contributed by atoms with E-state index >= 15 is 0 Å². The summed E-state index contributed by atoms with van der Waals surface area (Å²) in [5.74, 6) is 0.980. The summed E-state index contributed by atoms with van der Waals surface area (Å²) < 4.78 is 32.5. The van der Waals surface area contributed by atoms with Crippen molar-refractivity contribution >= 4 is 39.3 Å². The van der Waals surface area contributed by atoms with Gasteiger partial charge in [-0.2, -0.15) is 0 Å². The Balaban J connectivity index is 1.68. The maximum absolute atomic E-state index is 12.7. The van der Waals surface area contributed by atoms with Crippen LogP contribution in [-0.2, 0) is 4.79 Å². The molecule has 0 N–H and O–H groups in total. The van der Waals surface area contributed by atoms with Crippen LogP contribution in [0.25, 0.3) is 21.7 Å². The number of fused-ring (bicyclic) bond motifs is 3. The van der Waals surface area contributed by atoms with E-state index in [9.17, 15) is 9.59 Å². The number of carbonyl (C=O) groups is 1. The van der Waals surface area contributed by atoms with Gasteiger partial charge in [-0.15, -0.1) is 0 Å². The van der Waals surface area contributed by atoms with Crippen LogP contribution >= 0.6 is 11.6 Å². The number of hydrogen-bond acceptors (Lipinski definition) is 8. The zero-order valence-corrected chi connectivity index (χ0v) is 18.7. The first-order chi connectivity index (χ1) is 15.9. The molecule has 8 nitrogen and oxygen atoms in total. The number of ether oxygens (including phenoxy) is 5. The van der Waals surface area contributed by atoms with Crippen LogP contribution in [-0.4, -0.2) is 33.9 Å². The molecule has 0 atom stereocenters. The lowest BCUT2D eigenvalue weighted by Crippen LogP contribution is -2.17. The Bertz CT molecular complexity index is 1410. The van der Waals surface area contributed by atoms with Gasteiger partial charge in [0.1, 0.15) is 17.1 Å². The van der Waals surface area contributed by atoms with E-state index in [2.05, 4.69) is 0 Å². The second-order valence-corrected chi connectivity index (χ2v) is 7.27. The van der Waals surface area contributed by atoms with E-state index in [0.29, 0.717) is 38.8 Å². The van der Waals surface area contributed by atoms with Crippen molar-refractivity contribution in [1.29, 1.82) is 0 Å². The van der Waals surface area contributed by atoms with Crippen molar-refractivity contribution < 1.29 is 32.9 Å². The molecule has 0 spiro atoms. The summed E-state index contributed by atoms with van der Waals surface area (Å²) in [7, 11) is 4.40. The van der Waals surface area contributed by atoms with E-state index < -0.39 is 11.6 Å². The molecule has 0 radical (unpaired) electrons. The number of halogens is 1. The van der Waals surface area contributed by atoms with Crippen molar-refractivity contribution in [3.05, 3.63) is 64.0 Å². The summed E-state index contributed by atoms with van der Waals surface area (Å²) >= 11 is 5.90. The molecular weight excluding hydrogens is 452 g/mol. The van der Waals surface area contributed by atoms with E-state index in [4.69, 9.17) is 39.7 Å². The summed E-state index contributed by atoms with van der Waals surface area (Å²) in [6.07, 6.45) is 0. The van der Waals surface area contributed by atoms with Crippen molar-refractivity contribution in [2.24, 2.45) is 0 Å². The van der Waals surface area contributed by atoms with E-state index in [-0.39, 0.29) is 23.3 Å². The second kappa shape index (κ2) is 9.30. The van der Waals surface area contributed by atoms with Crippen molar-refractivity contribution in [3.8, 4) is 28.7 Å². The molecule has 0 bridgehead atoms. The van der Waals surface area contributed by atoms with Gasteiger partial charge in [-0.05, 0) is 36.4 Å². The number of esters is 1. The van der Waals surface area contributed by atoms with Crippen LogP contribution in [0.3, 0.4) is 0 Å². The lowest BCUT2D eigenvalue weighted by atomic mass is 10.0. The third-order valence-electron chi connectivity index (χ3n) is 4.86. The van der Waals surface area contributed by atoms with Crippen molar-refractivity contribution in [3.63, 3.8) is 0 Å². The molecule has 0 aliphatic rings. The van der Waals surface area contributed by atoms with Gasteiger partial charge in [0.15, 0.2) is 18.1 Å². The Hall–Kier alpha value is -3.91. The van der Waals surface area contributed by atoms with Crippen LogP contribution in [0.5, 0.6) is 28.7 Å². The molecule has 170 valence electrons. The van der Waals surface area contributed by atoms with Crippen molar-refractivity contribution in [2.45, 2.75) is 0 Å². The van der Waals surface area contributed by atoms with Gasteiger partial charge in [-0.25, -0.2) is 9.59 Å². The highest BCUT2D eigenvalue weighted by Gasteiger charge is 2.21. The fourth-order valence-electron chi connectivity index (χ4n) is 3.46. The Labute approximate surface area is 193 Å². The molecule has 0 aliphatic heterocycles. The first-order valence-corrected chi connectivity index (χ1v) is 10.1. The zero-order chi connectivity index (χ0) is 23.5. The van der Waals surface area contributed by atoms with Crippen LogP contribution in [0, 0.1) is 0 Å². The minimum atomic E-state index is -0.638. The number of carbonyl (C=O) groups excluding carboxylic acids is 1. The topological polar surface area (TPSA) is 93.4 Å². The summed E-state index contributed by atoms with van der Waals surface area (Å²) in [6.45, 7) is -0.329. The average molecular weight is 471 g/mol. The highest BCUT2D eigenvalue weighted by Crippen LogP contribution is 2.45. The summed E-state index contributed by atoms with van der Waals surface area (Å²) in [5.41, 5.74) is -0.399. The summed E-state index contributed by atoms with van der Waals surface area (Å²) in [5, 5.41) is 1.81. The minimum Gasteiger partial charge on any atom is -0.493 e. The molecule has 3 aromatic carbocycles. The molecule has 1 heterocycles. The van der Waals surface area contributed by atoms with Gasteiger partial charge in [0, 0.05) is 21.9 Å². The van der Waals surface area contributed by atoms with Crippen LogP contribution < -0.4 is 29.3 Å². The molecule has 0 aliphatic carbocycles. The molecular formula is C24H19ClO8. The van der Waals surface area contributed by atoms with Crippen molar-refractivity contribution in [2.75, 3.05) is 27.9 Å². The van der Waals surface area contributed by atoms with Gasteiger partial charge < -0.3 is 28.1 Å². The molecule has 9 heteroatoms. The smallest absolute Gasteiger partial charge is 0.349 e. The minimum absolute atomic E-state index is 0.184. The number of rotatable bonds is 7. The molecule has 0 amide bonds. The lowest BCUT2D eigenvalue weighted by Gasteiger charge is -2.15. The first kappa shape index (κ1) is 22.3.